The van der Waals surface area contributed by atoms with Gasteiger partial charge in [-0.15, -0.1) is 0 Å². The Hall–Kier alpha value is -4.10. The van der Waals surface area contributed by atoms with Gasteiger partial charge in [-0.2, -0.15) is 5.10 Å². The number of aromatic nitrogens is 2. The summed E-state index contributed by atoms with van der Waals surface area (Å²) in [6, 6.07) is 31.0. The van der Waals surface area contributed by atoms with Crippen LogP contribution in [-0.2, 0) is 6.54 Å². The Labute approximate surface area is 236 Å². The maximum absolute atomic E-state index is 13.2. The van der Waals surface area contributed by atoms with E-state index in [9.17, 15) is 4.79 Å². The Morgan fingerprint density at radius 2 is 1.60 bits per heavy atom. The van der Waals surface area contributed by atoms with E-state index in [4.69, 9.17) is 4.74 Å². The minimum Gasteiger partial charge on any atom is -0.493 e. The molecule has 1 atom stereocenters. The van der Waals surface area contributed by atoms with Crippen LogP contribution in [0.25, 0.3) is 11.3 Å². The lowest BCUT2D eigenvalue weighted by atomic mass is 9.98. The molecule has 0 bridgehead atoms. The van der Waals surface area contributed by atoms with Crippen LogP contribution in [0.4, 0.5) is 5.69 Å². The summed E-state index contributed by atoms with van der Waals surface area (Å²) in [7, 11) is 0. The van der Waals surface area contributed by atoms with Crippen molar-refractivity contribution in [1.29, 1.82) is 0 Å². The first-order valence-electron chi connectivity index (χ1n) is 14.4. The first-order chi connectivity index (χ1) is 19.7. The number of likely N-dealkylation sites (tertiary alicyclic amines) is 1. The van der Waals surface area contributed by atoms with Crippen LogP contribution >= 0.6 is 0 Å². The number of carbonyl (C=O) groups is 1. The van der Waals surface area contributed by atoms with Gasteiger partial charge in [-0.05, 0) is 48.7 Å². The summed E-state index contributed by atoms with van der Waals surface area (Å²) < 4.78 is 6.17. The summed E-state index contributed by atoms with van der Waals surface area (Å²) in [4.78, 5) is 20.1. The number of piperidine rings is 1. The van der Waals surface area contributed by atoms with E-state index in [2.05, 4.69) is 74.6 Å². The highest BCUT2D eigenvalue weighted by atomic mass is 16.5. The van der Waals surface area contributed by atoms with E-state index in [0.717, 1.165) is 69.1 Å². The minimum atomic E-state index is 0.00772. The lowest BCUT2D eigenvalue weighted by molar-refractivity contribution is 0.0627. The molecule has 6 rings (SSSR count). The van der Waals surface area contributed by atoms with E-state index in [1.165, 1.54) is 11.3 Å². The number of carbonyl (C=O) groups excluding carboxylic acids is 1. The Kier molecular flexibility index (Phi) is 8.10. The van der Waals surface area contributed by atoms with Crippen LogP contribution in [0.15, 0.2) is 91.0 Å². The standard InChI is InChI=1S/C33H37N5O2/c39-33(32-22-31(34-35-32)28-9-3-1-4-10-28)38-17-7-8-27(24-38)25-40-30-15-13-26(14-16-30)23-36-18-20-37(21-19-36)29-11-5-2-6-12-29/h1-6,9-16,22,27H,7-8,17-21,23-25H2,(H,34,35). The molecule has 1 aromatic heterocycles. The molecule has 2 saturated heterocycles. The molecule has 1 amide bonds. The van der Waals surface area contributed by atoms with Gasteiger partial charge in [0, 0.05) is 63.0 Å². The van der Waals surface area contributed by atoms with Gasteiger partial charge in [0.05, 0.1) is 12.3 Å². The van der Waals surface area contributed by atoms with Crippen molar-refractivity contribution in [3.8, 4) is 17.0 Å². The van der Waals surface area contributed by atoms with Gasteiger partial charge < -0.3 is 14.5 Å². The average Bonchev–Trinajstić information content (AvgIpc) is 3.52. The van der Waals surface area contributed by atoms with E-state index in [0.29, 0.717) is 24.8 Å². The molecule has 1 unspecified atom stereocenters. The third kappa shape index (κ3) is 6.37. The number of H-pyrrole nitrogens is 1. The number of ether oxygens (including phenoxy) is 1. The topological polar surface area (TPSA) is 64.7 Å². The summed E-state index contributed by atoms with van der Waals surface area (Å²) in [6.07, 6.45) is 2.05. The molecule has 0 spiro atoms. The molecule has 4 aromatic rings. The lowest BCUT2D eigenvalue weighted by Crippen LogP contribution is -2.45. The van der Waals surface area contributed by atoms with Crippen molar-refractivity contribution in [3.63, 3.8) is 0 Å². The molecule has 3 aromatic carbocycles. The molecule has 40 heavy (non-hydrogen) atoms. The summed E-state index contributed by atoms with van der Waals surface area (Å²) >= 11 is 0. The number of aromatic amines is 1. The molecule has 2 aliphatic heterocycles. The summed E-state index contributed by atoms with van der Waals surface area (Å²) in [5.41, 5.74) is 4.95. The smallest absolute Gasteiger partial charge is 0.271 e. The van der Waals surface area contributed by atoms with Gasteiger partial charge in [0.15, 0.2) is 0 Å². The Bertz CT molecular complexity index is 1360. The number of anilines is 1. The van der Waals surface area contributed by atoms with Crippen molar-refractivity contribution >= 4 is 11.6 Å². The van der Waals surface area contributed by atoms with Gasteiger partial charge in [-0.3, -0.25) is 14.8 Å². The van der Waals surface area contributed by atoms with Gasteiger partial charge in [0.25, 0.3) is 5.91 Å². The lowest BCUT2D eigenvalue weighted by Gasteiger charge is -2.36. The SMILES string of the molecule is O=C(c1cc(-c2ccccc2)n[nH]1)N1CCCC(COc2ccc(CN3CCN(c4ccccc4)CC3)cc2)C1. The first-order valence-corrected chi connectivity index (χ1v) is 14.4. The zero-order chi connectivity index (χ0) is 27.1. The average molecular weight is 536 g/mol. The predicted molar refractivity (Wildman–Crippen MR) is 159 cm³/mol. The summed E-state index contributed by atoms with van der Waals surface area (Å²) in [6.45, 7) is 7.29. The number of hydrogen-bond acceptors (Lipinski definition) is 5. The van der Waals surface area contributed by atoms with Gasteiger partial charge in [-0.1, -0.05) is 60.7 Å². The van der Waals surface area contributed by atoms with E-state index in [1.54, 1.807) is 0 Å². The summed E-state index contributed by atoms with van der Waals surface area (Å²) in [5.74, 6) is 1.21. The number of nitrogens with zero attached hydrogens (tertiary/aromatic N) is 4. The zero-order valence-electron chi connectivity index (χ0n) is 22.9. The van der Waals surface area contributed by atoms with Crippen molar-refractivity contribution in [3.05, 3.63) is 102 Å². The quantitative estimate of drug-likeness (QED) is 0.330. The van der Waals surface area contributed by atoms with E-state index in [-0.39, 0.29) is 5.91 Å². The molecule has 0 saturated carbocycles. The van der Waals surface area contributed by atoms with Gasteiger partial charge in [-0.25, -0.2) is 0 Å². The van der Waals surface area contributed by atoms with Crippen LogP contribution in [0.3, 0.4) is 0 Å². The van der Waals surface area contributed by atoms with Gasteiger partial charge in [0.2, 0.25) is 0 Å². The van der Waals surface area contributed by atoms with Crippen LogP contribution < -0.4 is 9.64 Å². The number of amides is 1. The fraction of sp³-hybridized carbons (Fsp3) is 0.333. The van der Waals surface area contributed by atoms with Crippen molar-refractivity contribution < 1.29 is 9.53 Å². The van der Waals surface area contributed by atoms with Crippen LogP contribution in [0.1, 0.15) is 28.9 Å². The number of piperazine rings is 1. The molecule has 2 aliphatic rings. The van der Waals surface area contributed by atoms with Gasteiger partial charge in [0.1, 0.15) is 11.4 Å². The number of hydrogen-bond donors (Lipinski definition) is 1. The molecule has 7 nitrogen and oxygen atoms in total. The largest absolute Gasteiger partial charge is 0.493 e. The minimum absolute atomic E-state index is 0.00772. The highest BCUT2D eigenvalue weighted by Crippen LogP contribution is 2.23. The molecule has 0 aliphatic carbocycles. The molecule has 206 valence electrons. The molecule has 7 heteroatoms. The number of nitrogens with one attached hydrogen (secondary N) is 1. The van der Waals surface area contributed by atoms with Crippen LogP contribution in [0.5, 0.6) is 5.75 Å². The molecular weight excluding hydrogens is 498 g/mol. The number of benzene rings is 3. The molecule has 2 fully saturated rings. The first kappa shape index (κ1) is 26.1. The molecular formula is C33H37N5O2. The molecule has 3 heterocycles. The fourth-order valence-corrected chi connectivity index (χ4v) is 5.71. The van der Waals surface area contributed by atoms with E-state index < -0.39 is 0 Å². The highest BCUT2D eigenvalue weighted by Gasteiger charge is 2.26. The van der Waals surface area contributed by atoms with Crippen molar-refractivity contribution in [1.82, 2.24) is 20.0 Å². The maximum Gasteiger partial charge on any atom is 0.271 e. The van der Waals surface area contributed by atoms with Crippen LogP contribution in [0, 0.1) is 5.92 Å². The fourth-order valence-electron chi connectivity index (χ4n) is 5.71. The van der Waals surface area contributed by atoms with Gasteiger partial charge >= 0.3 is 0 Å². The Balaban J connectivity index is 0.960. The monoisotopic (exact) mass is 535 g/mol. The van der Waals surface area contributed by atoms with E-state index in [1.807, 2.05) is 41.3 Å². The van der Waals surface area contributed by atoms with Crippen molar-refractivity contribution in [2.45, 2.75) is 19.4 Å². The summed E-state index contributed by atoms with van der Waals surface area (Å²) in [5, 5.41) is 7.29. The zero-order valence-corrected chi connectivity index (χ0v) is 22.9. The Morgan fingerprint density at radius 3 is 2.35 bits per heavy atom. The molecule has 0 radical (unpaired) electrons. The second-order valence-electron chi connectivity index (χ2n) is 10.8. The Morgan fingerprint density at radius 1 is 0.875 bits per heavy atom. The van der Waals surface area contributed by atoms with Crippen molar-refractivity contribution in [2.75, 3.05) is 50.8 Å². The second kappa shape index (κ2) is 12.4. The van der Waals surface area contributed by atoms with E-state index >= 15 is 0 Å². The molecule has 1 N–H and O–H groups in total. The predicted octanol–water partition coefficient (Wildman–Crippen LogP) is 5.33. The maximum atomic E-state index is 13.2. The normalized spacial score (nSPS) is 18.1. The number of rotatable bonds is 8. The van der Waals surface area contributed by atoms with Crippen LogP contribution in [-0.4, -0.2) is 71.8 Å². The third-order valence-electron chi connectivity index (χ3n) is 7.99. The number of para-hydroxylation sites is 1. The second-order valence-corrected chi connectivity index (χ2v) is 10.8. The van der Waals surface area contributed by atoms with Crippen LogP contribution in [0.2, 0.25) is 0 Å². The van der Waals surface area contributed by atoms with Crippen molar-refractivity contribution in [2.24, 2.45) is 5.92 Å². The highest BCUT2D eigenvalue weighted by molar-refractivity contribution is 5.93. The third-order valence-corrected chi connectivity index (χ3v) is 7.99.